The van der Waals surface area contributed by atoms with Gasteiger partial charge in [-0.3, -0.25) is 0 Å². The van der Waals surface area contributed by atoms with Crippen LogP contribution >= 0.6 is 0 Å². The molecule has 0 aliphatic rings. The van der Waals surface area contributed by atoms with Crippen LogP contribution in [0.15, 0.2) is 24.3 Å². The molecule has 1 atom stereocenters. The van der Waals surface area contributed by atoms with Crippen molar-refractivity contribution >= 4 is 17.7 Å². The van der Waals surface area contributed by atoms with Gasteiger partial charge in [0.15, 0.2) is 0 Å². The minimum atomic E-state index is -1.03. The number of ether oxygens (including phenoxy) is 1. The third-order valence-electron chi connectivity index (χ3n) is 2.83. The van der Waals surface area contributed by atoms with Crippen LogP contribution in [0.1, 0.15) is 24.2 Å². The number of urea groups is 1. The molecule has 0 aromatic heterocycles. The molecule has 0 spiro atoms. The van der Waals surface area contributed by atoms with Crippen LogP contribution in [0.2, 0.25) is 0 Å². The molecular formula is C14H20N2O4. The number of benzene rings is 1. The predicted molar refractivity (Wildman–Crippen MR) is 76.1 cm³/mol. The van der Waals surface area contributed by atoms with Gasteiger partial charge in [0.2, 0.25) is 0 Å². The molecule has 0 heterocycles. The maximum atomic E-state index is 11.9. The number of carboxylic acids is 1. The Morgan fingerprint density at radius 3 is 2.60 bits per heavy atom. The van der Waals surface area contributed by atoms with Gasteiger partial charge in [-0.25, -0.2) is 9.59 Å². The highest BCUT2D eigenvalue weighted by Crippen LogP contribution is 2.11. The van der Waals surface area contributed by atoms with Crippen LogP contribution in [0, 0.1) is 5.92 Å². The Balaban J connectivity index is 2.65. The first kappa shape index (κ1) is 16.0. The van der Waals surface area contributed by atoms with E-state index in [2.05, 4.69) is 10.6 Å². The lowest BCUT2D eigenvalue weighted by molar-refractivity contribution is 0.0697. The Morgan fingerprint density at radius 2 is 2.05 bits per heavy atom. The SMILES string of the molecule is COCC(NC(=O)Nc1cccc(C(=O)O)c1)C(C)C. The van der Waals surface area contributed by atoms with Gasteiger partial charge in [0.1, 0.15) is 0 Å². The molecule has 110 valence electrons. The van der Waals surface area contributed by atoms with E-state index in [4.69, 9.17) is 9.84 Å². The van der Waals surface area contributed by atoms with E-state index in [1.165, 1.54) is 12.1 Å². The first-order valence-corrected chi connectivity index (χ1v) is 6.34. The quantitative estimate of drug-likeness (QED) is 0.745. The molecule has 1 unspecified atom stereocenters. The molecule has 1 aromatic rings. The van der Waals surface area contributed by atoms with E-state index in [-0.39, 0.29) is 23.6 Å². The summed E-state index contributed by atoms with van der Waals surface area (Å²) in [5.41, 5.74) is 0.558. The summed E-state index contributed by atoms with van der Waals surface area (Å²) >= 11 is 0. The standard InChI is InChI=1S/C14H20N2O4/c1-9(2)12(8-20-3)16-14(19)15-11-6-4-5-10(7-11)13(17)18/h4-7,9,12H,8H2,1-3H3,(H,17,18)(H2,15,16,19). The van der Waals surface area contributed by atoms with Gasteiger partial charge < -0.3 is 20.5 Å². The van der Waals surface area contributed by atoms with Gasteiger partial charge in [-0.15, -0.1) is 0 Å². The molecule has 1 aromatic carbocycles. The summed E-state index contributed by atoms with van der Waals surface area (Å²) in [5.74, 6) is -0.806. The number of carbonyl (C=O) groups is 2. The van der Waals surface area contributed by atoms with Crippen molar-refractivity contribution in [3.8, 4) is 0 Å². The first-order chi connectivity index (χ1) is 9.43. The molecule has 6 heteroatoms. The fourth-order valence-electron chi connectivity index (χ4n) is 1.65. The van der Waals surface area contributed by atoms with Crippen LogP contribution in [-0.2, 0) is 4.74 Å². The van der Waals surface area contributed by atoms with Gasteiger partial charge in [-0.1, -0.05) is 19.9 Å². The maximum absolute atomic E-state index is 11.9. The van der Waals surface area contributed by atoms with E-state index in [9.17, 15) is 9.59 Å². The molecule has 6 nitrogen and oxygen atoms in total. The third-order valence-corrected chi connectivity index (χ3v) is 2.83. The van der Waals surface area contributed by atoms with Gasteiger partial charge in [-0.05, 0) is 24.1 Å². The van der Waals surface area contributed by atoms with Gasteiger partial charge >= 0.3 is 12.0 Å². The lowest BCUT2D eigenvalue weighted by Gasteiger charge is -2.21. The maximum Gasteiger partial charge on any atom is 0.335 e. The summed E-state index contributed by atoms with van der Waals surface area (Å²) < 4.78 is 5.05. The first-order valence-electron chi connectivity index (χ1n) is 6.34. The Kier molecular flexibility index (Phi) is 5.99. The van der Waals surface area contributed by atoms with Crippen molar-refractivity contribution in [2.24, 2.45) is 5.92 Å². The molecule has 20 heavy (non-hydrogen) atoms. The number of hydrogen-bond acceptors (Lipinski definition) is 3. The van der Waals surface area contributed by atoms with Gasteiger partial charge in [0.25, 0.3) is 0 Å². The van der Waals surface area contributed by atoms with Crippen LogP contribution in [0.3, 0.4) is 0 Å². The molecule has 0 fully saturated rings. The van der Waals surface area contributed by atoms with Crippen LogP contribution in [0.4, 0.5) is 10.5 Å². The second-order valence-corrected chi connectivity index (χ2v) is 4.79. The second-order valence-electron chi connectivity index (χ2n) is 4.79. The van der Waals surface area contributed by atoms with Crippen molar-refractivity contribution in [1.82, 2.24) is 5.32 Å². The molecule has 0 saturated carbocycles. The number of aromatic carboxylic acids is 1. The molecule has 0 radical (unpaired) electrons. The predicted octanol–water partition coefficient (Wildman–Crippen LogP) is 2.18. The Labute approximate surface area is 118 Å². The molecule has 3 N–H and O–H groups in total. The summed E-state index contributed by atoms with van der Waals surface area (Å²) in [5, 5.41) is 14.3. The van der Waals surface area contributed by atoms with Crippen molar-refractivity contribution in [2.75, 3.05) is 19.0 Å². The van der Waals surface area contributed by atoms with Crippen LogP contribution in [-0.4, -0.2) is 36.9 Å². The smallest absolute Gasteiger partial charge is 0.335 e. The highest BCUT2D eigenvalue weighted by molar-refractivity contribution is 5.93. The van der Waals surface area contributed by atoms with Crippen LogP contribution in [0.25, 0.3) is 0 Å². The zero-order valence-corrected chi connectivity index (χ0v) is 11.8. The topological polar surface area (TPSA) is 87.7 Å². The Hall–Kier alpha value is -2.08. The average molecular weight is 280 g/mol. The van der Waals surface area contributed by atoms with E-state index < -0.39 is 5.97 Å². The monoisotopic (exact) mass is 280 g/mol. The van der Waals surface area contributed by atoms with Crippen molar-refractivity contribution in [1.29, 1.82) is 0 Å². The molecule has 0 aliphatic carbocycles. The van der Waals surface area contributed by atoms with Gasteiger partial charge in [-0.2, -0.15) is 0 Å². The summed E-state index contributed by atoms with van der Waals surface area (Å²) in [6, 6.07) is 5.59. The fraction of sp³-hybridized carbons (Fsp3) is 0.429. The fourth-order valence-corrected chi connectivity index (χ4v) is 1.65. The zero-order chi connectivity index (χ0) is 15.1. The lowest BCUT2D eigenvalue weighted by Crippen LogP contribution is -2.43. The van der Waals surface area contributed by atoms with Crippen molar-refractivity contribution in [3.63, 3.8) is 0 Å². The number of nitrogens with one attached hydrogen (secondary N) is 2. The second kappa shape index (κ2) is 7.49. The number of carboxylic acid groups (broad SMARTS) is 1. The number of amides is 2. The molecule has 0 aliphatic heterocycles. The van der Waals surface area contributed by atoms with Crippen LogP contribution in [0.5, 0.6) is 0 Å². The third kappa shape index (κ3) is 4.89. The number of methoxy groups -OCH3 is 1. The number of rotatable bonds is 6. The molecule has 2 amide bonds. The van der Waals surface area contributed by atoms with Gasteiger partial charge in [0, 0.05) is 12.8 Å². The Morgan fingerprint density at radius 1 is 1.35 bits per heavy atom. The number of carbonyl (C=O) groups excluding carboxylic acids is 1. The number of hydrogen-bond donors (Lipinski definition) is 3. The molecule has 0 saturated heterocycles. The lowest BCUT2D eigenvalue weighted by atomic mass is 10.1. The van der Waals surface area contributed by atoms with E-state index in [0.717, 1.165) is 0 Å². The van der Waals surface area contributed by atoms with Crippen LogP contribution < -0.4 is 10.6 Å². The largest absolute Gasteiger partial charge is 0.478 e. The normalized spacial score (nSPS) is 12.0. The summed E-state index contributed by atoms with van der Waals surface area (Å²) in [4.78, 5) is 22.7. The highest BCUT2D eigenvalue weighted by atomic mass is 16.5. The zero-order valence-electron chi connectivity index (χ0n) is 11.8. The molecular weight excluding hydrogens is 260 g/mol. The summed E-state index contributed by atoms with van der Waals surface area (Å²) in [6.07, 6.45) is 0. The van der Waals surface area contributed by atoms with Gasteiger partial charge in [0.05, 0.1) is 18.2 Å². The van der Waals surface area contributed by atoms with E-state index in [0.29, 0.717) is 12.3 Å². The van der Waals surface area contributed by atoms with Crippen molar-refractivity contribution in [3.05, 3.63) is 29.8 Å². The van der Waals surface area contributed by atoms with E-state index >= 15 is 0 Å². The average Bonchev–Trinajstić information content (AvgIpc) is 2.38. The minimum absolute atomic E-state index is 0.109. The summed E-state index contributed by atoms with van der Waals surface area (Å²) in [6.45, 7) is 4.38. The Bertz CT molecular complexity index is 474. The van der Waals surface area contributed by atoms with Crippen molar-refractivity contribution < 1.29 is 19.4 Å². The highest BCUT2D eigenvalue weighted by Gasteiger charge is 2.16. The minimum Gasteiger partial charge on any atom is -0.478 e. The van der Waals surface area contributed by atoms with E-state index in [1.807, 2.05) is 13.8 Å². The molecule has 0 bridgehead atoms. The van der Waals surface area contributed by atoms with Crippen molar-refractivity contribution in [2.45, 2.75) is 19.9 Å². The number of anilines is 1. The summed E-state index contributed by atoms with van der Waals surface area (Å²) in [7, 11) is 1.57. The van der Waals surface area contributed by atoms with E-state index in [1.54, 1.807) is 19.2 Å². The molecule has 1 rings (SSSR count).